The highest BCUT2D eigenvalue weighted by atomic mass is 35.5. The molecule has 1 saturated heterocycles. The number of halogens is 1. The normalized spacial score (nSPS) is 15.4. The molecule has 23 heavy (non-hydrogen) atoms. The van der Waals surface area contributed by atoms with Crippen LogP contribution in [0.25, 0.3) is 0 Å². The number of hydrogen-bond donors (Lipinski definition) is 0. The van der Waals surface area contributed by atoms with Crippen LogP contribution in [0.2, 0.25) is 0 Å². The van der Waals surface area contributed by atoms with Crippen LogP contribution in [0.3, 0.4) is 0 Å². The summed E-state index contributed by atoms with van der Waals surface area (Å²) in [4.78, 5) is 22.1. The van der Waals surface area contributed by atoms with Crippen LogP contribution in [-0.2, 0) is 9.84 Å². The molecule has 0 radical (unpaired) electrons. The van der Waals surface area contributed by atoms with Crippen LogP contribution in [0, 0.1) is 20.2 Å². The number of sulfone groups is 1. The predicted octanol–water partition coefficient (Wildman–Crippen LogP) is 2.46. The van der Waals surface area contributed by atoms with Crippen molar-refractivity contribution in [3.05, 3.63) is 32.4 Å². The number of nitrogens with zero attached hydrogens (tertiary/aromatic N) is 3. The number of nitro groups is 2. The Morgan fingerprint density at radius 2 is 1.52 bits per heavy atom. The van der Waals surface area contributed by atoms with E-state index in [2.05, 4.69) is 0 Å². The van der Waals surface area contributed by atoms with Gasteiger partial charge in [-0.25, -0.2) is 8.42 Å². The first-order valence-electron chi connectivity index (χ1n) is 6.78. The van der Waals surface area contributed by atoms with Crippen LogP contribution >= 0.6 is 11.6 Å². The number of piperidine rings is 1. The van der Waals surface area contributed by atoms with E-state index in [1.54, 1.807) is 4.90 Å². The Bertz CT molecular complexity index is 710. The van der Waals surface area contributed by atoms with Crippen molar-refractivity contribution in [1.82, 2.24) is 0 Å². The third-order valence-electron chi connectivity index (χ3n) is 3.61. The van der Waals surface area contributed by atoms with Crippen LogP contribution in [0.15, 0.2) is 17.0 Å². The molecule has 0 N–H and O–H groups in total. The zero-order chi connectivity index (χ0) is 17.2. The number of rotatable bonds is 5. The predicted molar refractivity (Wildman–Crippen MR) is 83.7 cm³/mol. The van der Waals surface area contributed by atoms with Crippen molar-refractivity contribution >= 4 is 38.5 Å². The largest absolute Gasteiger partial charge is 0.360 e. The first kappa shape index (κ1) is 17.4. The number of alkyl halides is 1. The van der Waals surface area contributed by atoms with Gasteiger partial charge in [0.1, 0.15) is 5.21 Å². The summed E-state index contributed by atoms with van der Waals surface area (Å²) in [6.07, 6.45) is 2.46. The van der Waals surface area contributed by atoms with Gasteiger partial charge in [0.15, 0.2) is 15.5 Å². The lowest BCUT2D eigenvalue weighted by molar-refractivity contribution is -0.393. The average Bonchev–Trinajstić information content (AvgIpc) is 2.54. The van der Waals surface area contributed by atoms with Gasteiger partial charge in [-0.1, -0.05) is 0 Å². The van der Waals surface area contributed by atoms with Gasteiger partial charge in [0, 0.05) is 25.2 Å². The van der Waals surface area contributed by atoms with E-state index in [0.717, 1.165) is 31.4 Å². The molecule has 126 valence electrons. The van der Waals surface area contributed by atoms with E-state index in [9.17, 15) is 28.6 Å². The van der Waals surface area contributed by atoms with E-state index >= 15 is 0 Å². The van der Waals surface area contributed by atoms with Crippen molar-refractivity contribution in [2.45, 2.75) is 24.2 Å². The van der Waals surface area contributed by atoms with Gasteiger partial charge in [0.05, 0.1) is 14.7 Å². The second-order valence-electron chi connectivity index (χ2n) is 5.10. The smallest absolute Gasteiger partial charge is 0.300 e. The van der Waals surface area contributed by atoms with Crippen LogP contribution < -0.4 is 4.90 Å². The maximum absolute atomic E-state index is 11.8. The van der Waals surface area contributed by atoms with E-state index in [0.29, 0.717) is 13.1 Å². The number of nitro benzene ring substituents is 2. The highest BCUT2D eigenvalue weighted by molar-refractivity contribution is 7.92. The molecule has 1 aliphatic rings. The summed E-state index contributed by atoms with van der Waals surface area (Å²) >= 11 is 5.34. The topological polar surface area (TPSA) is 124 Å². The molecule has 0 bridgehead atoms. The molecule has 0 amide bonds. The molecule has 0 spiro atoms. The maximum atomic E-state index is 11.8. The molecular weight excluding hydrogens is 350 g/mol. The van der Waals surface area contributed by atoms with E-state index in [-0.39, 0.29) is 5.69 Å². The molecule has 2 rings (SSSR count). The Balaban J connectivity index is 2.73. The number of anilines is 1. The second kappa shape index (κ2) is 6.67. The summed E-state index contributed by atoms with van der Waals surface area (Å²) in [5.41, 5.74) is -1.33. The molecule has 0 unspecified atom stereocenters. The van der Waals surface area contributed by atoms with Crippen molar-refractivity contribution in [1.29, 1.82) is 0 Å². The molecule has 1 aliphatic heterocycles. The summed E-state index contributed by atoms with van der Waals surface area (Å²) in [5.74, 6) is 0. The Kier molecular flexibility index (Phi) is 5.05. The Morgan fingerprint density at radius 3 is 1.91 bits per heavy atom. The zero-order valence-electron chi connectivity index (χ0n) is 12.0. The fourth-order valence-electron chi connectivity index (χ4n) is 2.54. The fourth-order valence-corrected chi connectivity index (χ4v) is 3.63. The lowest BCUT2D eigenvalue weighted by Gasteiger charge is -2.28. The maximum Gasteiger partial charge on any atom is 0.300 e. The van der Waals surface area contributed by atoms with Crippen LogP contribution in [-0.4, -0.2) is 36.6 Å². The van der Waals surface area contributed by atoms with Crippen molar-refractivity contribution in [3.63, 3.8) is 0 Å². The minimum absolute atomic E-state index is 0.145. The Labute approximate surface area is 137 Å². The van der Waals surface area contributed by atoms with E-state index in [1.807, 2.05) is 0 Å². The van der Waals surface area contributed by atoms with Gasteiger partial charge in [-0.2, -0.15) is 0 Å². The molecule has 0 atom stereocenters. The SMILES string of the molecule is O=[N+]([O-])c1cc(S(=O)(=O)CCl)cc([N+](=O)[O-])c1N1CCCCC1. The lowest BCUT2D eigenvalue weighted by atomic mass is 10.1. The van der Waals surface area contributed by atoms with E-state index in [4.69, 9.17) is 11.6 Å². The van der Waals surface area contributed by atoms with Gasteiger partial charge in [-0.15, -0.1) is 11.6 Å². The summed E-state index contributed by atoms with van der Waals surface area (Å²) in [5, 5.41) is 21.9. The molecule has 1 aromatic carbocycles. The quantitative estimate of drug-likeness (QED) is 0.447. The molecule has 11 heteroatoms. The van der Waals surface area contributed by atoms with Crippen molar-refractivity contribution in [3.8, 4) is 0 Å². The van der Waals surface area contributed by atoms with Gasteiger partial charge >= 0.3 is 11.4 Å². The van der Waals surface area contributed by atoms with Crippen LogP contribution in [0.1, 0.15) is 19.3 Å². The van der Waals surface area contributed by atoms with Crippen molar-refractivity contribution < 1.29 is 18.3 Å². The first-order chi connectivity index (χ1) is 10.8. The fraction of sp³-hybridized carbons (Fsp3) is 0.500. The Hall–Kier alpha value is -1.94. The highest BCUT2D eigenvalue weighted by Crippen LogP contribution is 2.41. The van der Waals surface area contributed by atoms with E-state index < -0.39 is 41.2 Å². The lowest BCUT2D eigenvalue weighted by Crippen LogP contribution is -2.30. The van der Waals surface area contributed by atoms with E-state index in [1.165, 1.54) is 0 Å². The standard InChI is InChI=1S/C12H14ClN3O6S/c13-8-23(21,22)9-6-10(15(17)18)12(11(7-9)16(19)20)14-4-2-1-3-5-14/h6-7H,1-5,8H2. The van der Waals surface area contributed by atoms with Crippen molar-refractivity contribution in [2.24, 2.45) is 0 Å². The van der Waals surface area contributed by atoms with Gasteiger partial charge in [0.25, 0.3) is 0 Å². The van der Waals surface area contributed by atoms with Gasteiger partial charge in [-0.05, 0) is 19.3 Å². The monoisotopic (exact) mass is 363 g/mol. The number of benzene rings is 1. The molecule has 0 aromatic heterocycles. The second-order valence-corrected chi connectivity index (χ2v) is 7.67. The molecular formula is C12H14ClN3O6S. The molecule has 0 aliphatic carbocycles. The Morgan fingerprint density at radius 1 is 1.04 bits per heavy atom. The summed E-state index contributed by atoms with van der Waals surface area (Å²) < 4.78 is 23.7. The molecule has 1 aromatic rings. The summed E-state index contributed by atoms with van der Waals surface area (Å²) in [6.45, 7) is 0.895. The van der Waals surface area contributed by atoms with Gasteiger partial charge < -0.3 is 4.90 Å². The third kappa shape index (κ3) is 3.53. The third-order valence-corrected chi connectivity index (χ3v) is 5.71. The molecule has 0 saturated carbocycles. The van der Waals surface area contributed by atoms with Gasteiger partial charge in [0.2, 0.25) is 0 Å². The minimum Gasteiger partial charge on any atom is -0.360 e. The first-order valence-corrected chi connectivity index (χ1v) is 8.97. The molecule has 1 heterocycles. The number of hydrogen-bond acceptors (Lipinski definition) is 7. The average molecular weight is 364 g/mol. The highest BCUT2D eigenvalue weighted by Gasteiger charge is 2.34. The molecule has 1 fully saturated rings. The molecule has 9 nitrogen and oxygen atoms in total. The van der Waals surface area contributed by atoms with Gasteiger partial charge in [-0.3, -0.25) is 20.2 Å². The van der Waals surface area contributed by atoms with Crippen LogP contribution in [0.5, 0.6) is 0 Å². The summed E-state index contributed by atoms with van der Waals surface area (Å²) in [7, 11) is -4.02. The zero-order valence-corrected chi connectivity index (χ0v) is 13.5. The minimum atomic E-state index is -4.02. The summed E-state index contributed by atoms with van der Waals surface area (Å²) in [6, 6.07) is 1.68. The van der Waals surface area contributed by atoms with Crippen molar-refractivity contribution in [2.75, 3.05) is 23.2 Å². The van der Waals surface area contributed by atoms with Crippen LogP contribution in [0.4, 0.5) is 17.1 Å².